The van der Waals surface area contributed by atoms with E-state index in [0.717, 1.165) is 6.42 Å². The normalized spacial score (nSPS) is 19.2. The first kappa shape index (κ1) is 15.3. The number of carbonyl (C=O) groups is 2. The molecule has 0 aliphatic carbocycles. The van der Waals surface area contributed by atoms with Gasteiger partial charge in [0.15, 0.2) is 0 Å². The summed E-state index contributed by atoms with van der Waals surface area (Å²) in [6.07, 6.45) is 1.47. The van der Waals surface area contributed by atoms with Crippen LogP contribution in [0.15, 0.2) is 12.1 Å². The number of carbonyl (C=O) groups excluding carboxylic acids is 2. The summed E-state index contributed by atoms with van der Waals surface area (Å²) in [5, 5.41) is 0. The summed E-state index contributed by atoms with van der Waals surface area (Å²) >= 11 is 7.09. The largest absolute Gasteiger partial charge is 0.458 e. The average molecular weight is 316 g/mol. The van der Waals surface area contributed by atoms with Crippen molar-refractivity contribution < 1.29 is 14.3 Å². The number of thiophene rings is 1. The molecule has 110 valence electrons. The second kappa shape index (κ2) is 5.74. The van der Waals surface area contributed by atoms with Gasteiger partial charge in [0.2, 0.25) is 0 Å². The molecule has 1 aromatic rings. The van der Waals surface area contributed by atoms with Gasteiger partial charge in [-0.1, -0.05) is 11.6 Å². The van der Waals surface area contributed by atoms with Crippen molar-refractivity contribution in [3.8, 4) is 0 Å². The Labute approximate surface area is 127 Å². The molecule has 0 N–H and O–H groups in total. The van der Waals surface area contributed by atoms with Crippen molar-refractivity contribution in [2.24, 2.45) is 0 Å². The summed E-state index contributed by atoms with van der Waals surface area (Å²) < 4.78 is 5.96. The molecule has 0 aromatic carbocycles. The molecule has 20 heavy (non-hydrogen) atoms. The smallest absolute Gasteiger partial charge is 0.329 e. The third kappa shape index (κ3) is 3.52. The van der Waals surface area contributed by atoms with Crippen molar-refractivity contribution in [3.63, 3.8) is 0 Å². The zero-order chi connectivity index (χ0) is 14.9. The van der Waals surface area contributed by atoms with Gasteiger partial charge in [0.05, 0.1) is 9.21 Å². The van der Waals surface area contributed by atoms with Gasteiger partial charge in [0, 0.05) is 6.54 Å². The van der Waals surface area contributed by atoms with Crippen molar-refractivity contribution in [1.29, 1.82) is 0 Å². The van der Waals surface area contributed by atoms with Crippen LogP contribution in [0.25, 0.3) is 0 Å². The molecule has 0 bridgehead atoms. The van der Waals surface area contributed by atoms with E-state index in [9.17, 15) is 9.59 Å². The van der Waals surface area contributed by atoms with Gasteiger partial charge in [-0.15, -0.1) is 11.3 Å². The Morgan fingerprint density at radius 3 is 2.65 bits per heavy atom. The highest BCUT2D eigenvalue weighted by Gasteiger charge is 2.37. The molecule has 2 heterocycles. The molecule has 1 amide bonds. The summed E-state index contributed by atoms with van der Waals surface area (Å²) in [5.74, 6) is -0.471. The maximum atomic E-state index is 12.4. The second-order valence-corrected chi connectivity index (χ2v) is 7.51. The van der Waals surface area contributed by atoms with Crippen LogP contribution >= 0.6 is 22.9 Å². The van der Waals surface area contributed by atoms with E-state index in [0.29, 0.717) is 22.2 Å². The monoisotopic (exact) mass is 315 g/mol. The minimum absolute atomic E-state index is 0.143. The highest BCUT2D eigenvalue weighted by molar-refractivity contribution is 7.17. The van der Waals surface area contributed by atoms with Crippen LogP contribution in [0.4, 0.5) is 0 Å². The zero-order valence-corrected chi connectivity index (χ0v) is 13.4. The van der Waals surface area contributed by atoms with Crippen LogP contribution in [0.2, 0.25) is 4.34 Å². The highest BCUT2D eigenvalue weighted by atomic mass is 35.5. The molecule has 0 saturated carbocycles. The van der Waals surface area contributed by atoms with Crippen LogP contribution < -0.4 is 0 Å². The predicted octanol–water partition coefficient (Wildman–Crippen LogP) is 3.35. The Hall–Kier alpha value is -1.07. The molecule has 1 fully saturated rings. The van der Waals surface area contributed by atoms with Gasteiger partial charge < -0.3 is 9.64 Å². The van der Waals surface area contributed by atoms with Gasteiger partial charge in [0.1, 0.15) is 11.6 Å². The molecule has 1 aromatic heterocycles. The standard InChI is InChI=1S/C14H18ClNO3S/c1-14(2,3)19-13(18)9-5-4-8-16(9)12(17)10-6-7-11(15)20-10/h6-7,9H,4-5,8H2,1-3H3/t9-/m0/s1. The molecule has 1 saturated heterocycles. The molecule has 0 spiro atoms. The highest BCUT2D eigenvalue weighted by Crippen LogP contribution is 2.27. The molecular formula is C14H18ClNO3S. The van der Waals surface area contributed by atoms with Gasteiger partial charge in [-0.25, -0.2) is 4.79 Å². The van der Waals surface area contributed by atoms with E-state index in [1.54, 1.807) is 17.0 Å². The predicted molar refractivity (Wildman–Crippen MR) is 79.2 cm³/mol. The van der Waals surface area contributed by atoms with E-state index in [1.165, 1.54) is 11.3 Å². The molecular weight excluding hydrogens is 298 g/mol. The Morgan fingerprint density at radius 2 is 2.10 bits per heavy atom. The van der Waals surface area contributed by atoms with Gasteiger partial charge in [-0.2, -0.15) is 0 Å². The minimum atomic E-state index is -0.541. The Balaban J connectivity index is 2.11. The zero-order valence-electron chi connectivity index (χ0n) is 11.8. The molecule has 2 rings (SSSR count). The second-order valence-electron chi connectivity index (χ2n) is 5.79. The summed E-state index contributed by atoms with van der Waals surface area (Å²) in [5.41, 5.74) is -0.541. The van der Waals surface area contributed by atoms with Crippen LogP contribution in [0.3, 0.4) is 0 Å². The van der Waals surface area contributed by atoms with E-state index in [-0.39, 0.29) is 11.9 Å². The lowest BCUT2D eigenvalue weighted by Gasteiger charge is -2.27. The number of likely N-dealkylation sites (tertiary alicyclic amines) is 1. The molecule has 0 radical (unpaired) electrons. The van der Waals surface area contributed by atoms with E-state index in [2.05, 4.69) is 0 Å². The van der Waals surface area contributed by atoms with E-state index < -0.39 is 11.6 Å². The lowest BCUT2D eigenvalue weighted by molar-refractivity contribution is -0.159. The van der Waals surface area contributed by atoms with Crippen molar-refractivity contribution in [2.45, 2.75) is 45.3 Å². The third-order valence-corrected chi connectivity index (χ3v) is 4.20. The molecule has 1 aliphatic rings. The summed E-state index contributed by atoms with van der Waals surface area (Å²) in [6, 6.07) is 2.90. The van der Waals surface area contributed by atoms with E-state index >= 15 is 0 Å². The first-order valence-electron chi connectivity index (χ1n) is 6.57. The van der Waals surface area contributed by atoms with Crippen molar-refractivity contribution >= 4 is 34.8 Å². The summed E-state index contributed by atoms with van der Waals surface area (Å²) in [7, 11) is 0. The molecule has 6 heteroatoms. The van der Waals surface area contributed by atoms with Gasteiger partial charge in [-0.3, -0.25) is 4.79 Å². The number of hydrogen-bond donors (Lipinski definition) is 0. The van der Waals surface area contributed by atoms with E-state index in [4.69, 9.17) is 16.3 Å². The van der Waals surface area contributed by atoms with Gasteiger partial charge in [-0.05, 0) is 45.7 Å². The van der Waals surface area contributed by atoms with Crippen molar-refractivity contribution in [1.82, 2.24) is 4.90 Å². The third-order valence-electron chi connectivity index (χ3n) is 2.98. The Bertz CT molecular complexity index is 521. The fraction of sp³-hybridized carbons (Fsp3) is 0.571. The number of ether oxygens (including phenoxy) is 1. The molecule has 1 aliphatic heterocycles. The lowest BCUT2D eigenvalue weighted by atomic mass is 10.1. The number of halogens is 1. The first-order valence-corrected chi connectivity index (χ1v) is 7.76. The van der Waals surface area contributed by atoms with Crippen LogP contribution in [-0.2, 0) is 9.53 Å². The lowest BCUT2D eigenvalue weighted by Crippen LogP contribution is -2.43. The van der Waals surface area contributed by atoms with Crippen molar-refractivity contribution in [2.75, 3.05) is 6.54 Å². The summed E-state index contributed by atoms with van der Waals surface area (Å²) in [6.45, 7) is 6.05. The summed E-state index contributed by atoms with van der Waals surface area (Å²) in [4.78, 5) is 26.7. The Morgan fingerprint density at radius 1 is 1.40 bits per heavy atom. The maximum Gasteiger partial charge on any atom is 0.329 e. The quantitative estimate of drug-likeness (QED) is 0.786. The maximum absolute atomic E-state index is 12.4. The number of esters is 1. The van der Waals surface area contributed by atoms with Crippen LogP contribution in [0.1, 0.15) is 43.3 Å². The number of nitrogens with zero attached hydrogens (tertiary/aromatic N) is 1. The molecule has 4 nitrogen and oxygen atoms in total. The fourth-order valence-corrected chi connectivity index (χ4v) is 3.19. The number of hydrogen-bond acceptors (Lipinski definition) is 4. The fourth-order valence-electron chi connectivity index (χ4n) is 2.20. The average Bonchev–Trinajstić information content (AvgIpc) is 2.93. The van der Waals surface area contributed by atoms with E-state index in [1.807, 2.05) is 20.8 Å². The Kier molecular flexibility index (Phi) is 4.39. The van der Waals surface area contributed by atoms with Crippen LogP contribution in [0.5, 0.6) is 0 Å². The van der Waals surface area contributed by atoms with Gasteiger partial charge >= 0.3 is 5.97 Å². The number of amides is 1. The van der Waals surface area contributed by atoms with Crippen molar-refractivity contribution in [3.05, 3.63) is 21.3 Å². The molecule has 1 atom stereocenters. The topological polar surface area (TPSA) is 46.6 Å². The molecule has 0 unspecified atom stereocenters. The SMILES string of the molecule is CC(C)(C)OC(=O)[C@@H]1CCCN1C(=O)c1ccc(Cl)s1. The minimum Gasteiger partial charge on any atom is -0.458 e. The van der Waals surface area contributed by atoms with Crippen LogP contribution in [-0.4, -0.2) is 35.0 Å². The first-order chi connectivity index (χ1) is 9.28. The van der Waals surface area contributed by atoms with Crippen LogP contribution in [0, 0.1) is 0 Å². The van der Waals surface area contributed by atoms with Gasteiger partial charge in [0.25, 0.3) is 5.91 Å². The number of rotatable bonds is 2.